The molecule has 136 valence electrons. The largest absolute Gasteiger partial charge is 0.381 e. The lowest BCUT2D eigenvalue weighted by Gasteiger charge is -2.09. The Hall–Kier alpha value is -2.64. The molecule has 1 fully saturated rings. The van der Waals surface area contributed by atoms with Crippen LogP contribution >= 0.6 is 11.3 Å². The van der Waals surface area contributed by atoms with Crippen LogP contribution in [-0.2, 0) is 11.2 Å². The SMILES string of the molecule is Cc1nc2ccc(-n3nc(-c4ccncc4)nc3CC3CCOC3)cc2s1. The molecule has 5 rings (SSSR count). The third-order valence-electron chi connectivity index (χ3n) is 4.83. The fourth-order valence-electron chi connectivity index (χ4n) is 3.47. The number of nitrogens with zero attached hydrogens (tertiary/aromatic N) is 5. The number of ether oxygens (including phenoxy) is 1. The van der Waals surface area contributed by atoms with Crippen molar-refractivity contribution in [3.63, 3.8) is 0 Å². The van der Waals surface area contributed by atoms with Gasteiger partial charge in [0.15, 0.2) is 5.82 Å². The Balaban J connectivity index is 1.60. The lowest BCUT2D eigenvalue weighted by atomic mass is 10.0. The molecule has 6 nitrogen and oxygen atoms in total. The molecule has 4 heterocycles. The number of aromatic nitrogens is 5. The van der Waals surface area contributed by atoms with Crippen molar-refractivity contribution in [3.05, 3.63) is 53.6 Å². The Bertz CT molecular complexity index is 1080. The lowest BCUT2D eigenvalue weighted by Crippen LogP contribution is -2.10. The molecule has 1 aromatic carbocycles. The van der Waals surface area contributed by atoms with Gasteiger partial charge in [0.2, 0.25) is 0 Å². The molecule has 1 aliphatic rings. The quantitative estimate of drug-likeness (QED) is 0.541. The monoisotopic (exact) mass is 377 g/mol. The third kappa shape index (κ3) is 3.24. The van der Waals surface area contributed by atoms with E-state index >= 15 is 0 Å². The summed E-state index contributed by atoms with van der Waals surface area (Å²) in [6.07, 6.45) is 5.47. The molecule has 7 heteroatoms. The van der Waals surface area contributed by atoms with Crippen molar-refractivity contribution in [2.75, 3.05) is 13.2 Å². The van der Waals surface area contributed by atoms with Crippen molar-refractivity contribution in [1.82, 2.24) is 24.7 Å². The minimum atomic E-state index is 0.493. The predicted molar refractivity (Wildman–Crippen MR) is 105 cm³/mol. The van der Waals surface area contributed by atoms with Crippen LogP contribution in [-0.4, -0.2) is 37.9 Å². The van der Waals surface area contributed by atoms with Crippen molar-refractivity contribution in [2.24, 2.45) is 5.92 Å². The first-order valence-corrected chi connectivity index (χ1v) is 9.89. The van der Waals surface area contributed by atoms with E-state index in [1.807, 2.05) is 23.7 Å². The van der Waals surface area contributed by atoms with Gasteiger partial charge in [-0.05, 0) is 49.6 Å². The standard InChI is InChI=1S/C20H19N5OS/c1-13-22-17-3-2-16(11-18(17)27-13)25-19(10-14-6-9-26-12-14)23-20(24-25)15-4-7-21-8-5-15/h2-5,7-8,11,14H,6,9-10,12H2,1H3. The van der Waals surface area contributed by atoms with Gasteiger partial charge < -0.3 is 4.74 Å². The summed E-state index contributed by atoms with van der Waals surface area (Å²) in [5, 5.41) is 5.90. The average Bonchev–Trinajstić information content (AvgIpc) is 3.41. The van der Waals surface area contributed by atoms with Gasteiger partial charge >= 0.3 is 0 Å². The van der Waals surface area contributed by atoms with Gasteiger partial charge in [0.1, 0.15) is 5.82 Å². The van der Waals surface area contributed by atoms with E-state index in [9.17, 15) is 0 Å². The van der Waals surface area contributed by atoms with Crippen LogP contribution in [0.5, 0.6) is 0 Å². The van der Waals surface area contributed by atoms with E-state index in [1.54, 1.807) is 23.7 Å². The minimum absolute atomic E-state index is 0.493. The van der Waals surface area contributed by atoms with Crippen LogP contribution in [0.2, 0.25) is 0 Å². The molecule has 0 bridgehead atoms. The second kappa shape index (κ2) is 6.83. The maximum atomic E-state index is 5.55. The fourth-order valence-corrected chi connectivity index (χ4v) is 4.33. The van der Waals surface area contributed by atoms with E-state index in [1.165, 1.54) is 4.70 Å². The maximum absolute atomic E-state index is 5.55. The summed E-state index contributed by atoms with van der Waals surface area (Å²) in [4.78, 5) is 13.5. The van der Waals surface area contributed by atoms with Gasteiger partial charge in [0, 0.05) is 37.6 Å². The van der Waals surface area contributed by atoms with Gasteiger partial charge in [0.25, 0.3) is 0 Å². The van der Waals surface area contributed by atoms with E-state index in [0.717, 1.165) is 59.5 Å². The summed E-state index contributed by atoms with van der Waals surface area (Å²) in [5.74, 6) is 2.19. The lowest BCUT2D eigenvalue weighted by molar-refractivity contribution is 0.185. The molecule has 4 aromatic rings. The van der Waals surface area contributed by atoms with E-state index in [0.29, 0.717) is 5.92 Å². The van der Waals surface area contributed by atoms with Crippen LogP contribution in [0.3, 0.4) is 0 Å². The third-order valence-corrected chi connectivity index (χ3v) is 5.77. The molecule has 0 aliphatic carbocycles. The second-order valence-electron chi connectivity index (χ2n) is 6.82. The zero-order valence-electron chi connectivity index (χ0n) is 15.0. The smallest absolute Gasteiger partial charge is 0.181 e. The molecule has 3 aromatic heterocycles. The van der Waals surface area contributed by atoms with Gasteiger partial charge in [-0.15, -0.1) is 16.4 Å². The van der Waals surface area contributed by atoms with Crippen molar-refractivity contribution in [2.45, 2.75) is 19.8 Å². The first-order chi connectivity index (χ1) is 13.3. The number of pyridine rings is 1. The number of fused-ring (bicyclic) bond motifs is 1. The molecule has 1 saturated heterocycles. The van der Waals surface area contributed by atoms with Crippen LogP contribution in [0.15, 0.2) is 42.7 Å². The zero-order valence-corrected chi connectivity index (χ0v) is 15.8. The Kier molecular flexibility index (Phi) is 4.18. The molecule has 0 saturated carbocycles. The topological polar surface area (TPSA) is 65.7 Å². The number of hydrogen-bond donors (Lipinski definition) is 0. The van der Waals surface area contributed by atoms with Crippen LogP contribution in [0.1, 0.15) is 17.3 Å². The highest BCUT2D eigenvalue weighted by atomic mass is 32.1. The molecule has 0 radical (unpaired) electrons. The van der Waals surface area contributed by atoms with Gasteiger partial charge in [-0.3, -0.25) is 4.98 Å². The molecule has 1 atom stereocenters. The number of aryl methyl sites for hydroxylation is 1. The number of benzene rings is 1. The van der Waals surface area contributed by atoms with E-state index < -0.39 is 0 Å². The zero-order chi connectivity index (χ0) is 18.2. The summed E-state index contributed by atoms with van der Waals surface area (Å²) in [5.41, 5.74) is 3.02. The number of thiazole rings is 1. The highest BCUT2D eigenvalue weighted by molar-refractivity contribution is 7.18. The van der Waals surface area contributed by atoms with Crippen molar-refractivity contribution in [3.8, 4) is 17.1 Å². The van der Waals surface area contributed by atoms with Gasteiger partial charge in [-0.25, -0.2) is 14.6 Å². The summed E-state index contributed by atoms with van der Waals surface area (Å²) in [7, 11) is 0. The first-order valence-electron chi connectivity index (χ1n) is 9.08. The van der Waals surface area contributed by atoms with E-state index in [2.05, 4.69) is 28.2 Å². The fraction of sp³-hybridized carbons (Fsp3) is 0.300. The molecule has 0 spiro atoms. The van der Waals surface area contributed by atoms with Crippen LogP contribution in [0.25, 0.3) is 27.3 Å². The Labute approximate surface area is 160 Å². The Morgan fingerprint density at radius 1 is 1.19 bits per heavy atom. The van der Waals surface area contributed by atoms with Gasteiger partial charge in [-0.1, -0.05) is 0 Å². The number of hydrogen-bond acceptors (Lipinski definition) is 6. The molecule has 1 aliphatic heterocycles. The van der Waals surface area contributed by atoms with Crippen molar-refractivity contribution in [1.29, 1.82) is 0 Å². The summed E-state index contributed by atoms with van der Waals surface area (Å²) < 4.78 is 8.70. The van der Waals surface area contributed by atoms with Crippen molar-refractivity contribution < 1.29 is 4.74 Å². The highest BCUT2D eigenvalue weighted by Gasteiger charge is 2.21. The van der Waals surface area contributed by atoms with Crippen LogP contribution < -0.4 is 0 Å². The van der Waals surface area contributed by atoms with E-state index in [-0.39, 0.29) is 0 Å². The summed E-state index contributed by atoms with van der Waals surface area (Å²) in [6.45, 7) is 3.67. The van der Waals surface area contributed by atoms with Gasteiger partial charge in [-0.2, -0.15) is 0 Å². The predicted octanol–water partition coefficient (Wildman–Crippen LogP) is 3.83. The molecule has 1 unspecified atom stereocenters. The highest BCUT2D eigenvalue weighted by Crippen LogP contribution is 2.27. The minimum Gasteiger partial charge on any atom is -0.381 e. The summed E-state index contributed by atoms with van der Waals surface area (Å²) in [6, 6.07) is 10.2. The maximum Gasteiger partial charge on any atom is 0.181 e. The van der Waals surface area contributed by atoms with Crippen LogP contribution in [0, 0.1) is 12.8 Å². The molecule has 0 N–H and O–H groups in total. The number of rotatable bonds is 4. The molecule has 27 heavy (non-hydrogen) atoms. The normalized spacial score (nSPS) is 17.0. The van der Waals surface area contributed by atoms with E-state index in [4.69, 9.17) is 14.8 Å². The molecule has 0 amide bonds. The molecular weight excluding hydrogens is 358 g/mol. The first kappa shape index (κ1) is 16.5. The molecular formula is C20H19N5OS. The summed E-state index contributed by atoms with van der Waals surface area (Å²) >= 11 is 1.70. The average molecular weight is 377 g/mol. The van der Waals surface area contributed by atoms with Crippen molar-refractivity contribution >= 4 is 21.6 Å². The Morgan fingerprint density at radius 3 is 2.89 bits per heavy atom. The van der Waals surface area contributed by atoms with Crippen LogP contribution in [0.4, 0.5) is 0 Å². The second-order valence-corrected chi connectivity index (χ2v) is 8.05. The Morgan fingerprint density at radius 2 is 2.07 bits per heavy atom. The van der Waals surface area contributed by atoms with Gasteiger partial charge in [0.05, 0.1) is 20.9 Å².